The molecule has 1 heterocycles. The molecular formula is C17H14ClN5OS. The van der Waals surface area contributed by atoms with Crippen LogP contribution in [0.25, 0.3) is 0 Å². The van der Waals surface area contributed by atoms with Crippen LogP contribution in [0.3, 0.4) is 0 Å². The summed E-state index contributed by atoms with van der Waals surface area (Å²) in [6.45, 7) is 1.87. The molecule has 1 aromatic heterocycles. The summed E-state index contributed by atoms with van der Waals surface area (Å²) in [6.07, 6.45) is 0. The molecule has 126 valence electrons. The Morgan fingerprint density at radius 3 is 2.56 bits per heavy atom. The summed E-state index contributed by atoms with van der Waals surface area (Å²) in [5, 5.41) is 21.9. The van der Waals surface area contributed by atoms with Crippen molar-refractivity contribution in [2.45, 2.75) is 18.0 Å². The highest BCUT2D eigenvalue weighted by Gasteiger charge is 2.14. The second-order valence-electron chi connectivity index (χ2n) is 5.13. The number of nitrogens with zero attached hydrogens (tertiary/aromatic N) is 3. The minimum absolute atomic E-state index is 0.0407. The van der Waals surface area contributed by atoms with Crippen LogP contribution in [0.2, 0.25) is 5.02 Å². The van der Waals surface area contributed by atoms with E-state index in [0.717, 1.165) is 17.3 Å². The van der Waals surface area contributed by atoms with Crippen LogP contribution in [0.5, 0.6) is 0 Å². The molecule has 0 unspecified atom stereocenters. The Morgan fingerprint density at radius 1 is 1.32 bits per heavy atom. The molecule has 8 heteroatoms. The van der Waals surface area contributed by atoms with Gasteiger partial charge in [-0.15, -0.1) is 0 Å². The van der Waals surface area contributed by atoms with Crippen molar-refractivity contribution < 1.29 is 4.79 Å². The molecule has 2 rings (SSSR count). The normalized spacial score (nSPS) is 11.2. The number of nitrogens with two attached hydrogens (primary N) is 1. The fourth-order valence-corrected chi connectivity index (χ4v) is 2.94. The summed E-state index contributed by atoms with van der Waals surface area (Å²) in [6, 6.07) is 12.2. The van der Waals surface area contributed by atoms with Crippen LogP contribution in [-0.4, -0.2) is 16.6 Å². The highest BCUT2D eigenvalue weighted by Crippen LogP contribution is 2.24. The van der Waals surface area contributed by atoms with E-state index in [1.54, 1.807) is 12.1 Å². The van der Waals surface area contributed by atoms with Crippen LogP contribution in [0.1, 0.15) is 29.7 Å². The van der Waals surface area contributed by atoms with Crippen molar-refractivity contribution in [3.63, 3.8) is 0 Å². The number of nitriles is 2. The number of anilines is 1. The van der Waals surface area contributed by atoms with Crippen LogP contribution >= 0.6 is 23.4 Å². The summed E-state index contributed by atoms with van der Waals surface area (Å²) in [5.41, 5.74) is 6.95. The molecular weight excluding hydrogens is 358 g/mol. The third-order valence-corrected chi connectivity index (χ3v) is 4.59. The summed E-state index contributed by atoms with van der Waals surface area (Å²) < 4.78 is 0. The van der Waals surface area contributed by atoms with Crippen molar-refractivity contribution in [2.75, 3.05) is 11.5 Å². The number of benzene rings is 1. The second-order valence-corrected chi connectivity index (χ2v) is 6.53. The summed E-state index contributed by atoms with van der Waals surface area (Å²) in [7, 11) is 0. The molecule has 6 nitrogen and oxygen atoms in total. The van der Waals surface area contributed by atoms with Gasteiger partial charge in [0.25, 0.3) is 0 Å². The van der Waals surface area contributed by atoms with Gasteiger partial charge in [-0.05, 0) is 30.7 Å². The molecule has 0 aliphatic carbocycles. The molecule has 0 aliphatic rings. The van der Waals surface area contributed by atoms with Crippen LogP contribution < -0.4 is 11.1 Å². The summed E-state index contributed by atoms with van der Waals surface area (Å²) >= 11 is 6.94. The Morgan fingerprint density at radius 2 is 1.96 bits per heavy atom. The topological polar surface area (TPSA) is 116 Å². The smallest absolute Gasteiger partial charge is 0.230 e. The highest BCUT2D eigenvalue weighted by molar-refractivity contribution is 8.00. The maximum Gasteiger partial charge on any atom is 0.230 e. The predicted octanol–water partition coefficient (Wildman–Crippen LogP) is 3.03. The number of rotatable bonds is 5. The largest absolute Gasteiger partial charge is 0.383 e. The van der Waals surface area contributed by atoms with E-state index in [4.69, 9.17) is 27.9 Å². The molecule has 25 heavy (non-hydrogen) atoms. The number of pyridine rings is 1. The van der Waals surface area contributed by atoms with Crippen LogP contribution in [0.4, 0.5) is 5.82 Å². The minimum atomic E-state index is -0.207. The van der Waals surface area contributed by atoms with E-state index in [1.165, 1.54) is 6.07 Å². The van der Waals surface area contributed by atoms with Crippen molar-refractivity contribution in [3.05, 3.63) is 52.0 Å². The molecule has 2 aromatic rings. The first-order valence-electron chi connectivity index (χ1n) is 7.23. The number of carbonyl (C=O) groups is 1. The first-order valence-corrected chi connectivity index (χ1v) is 8.59. The van der Waals surface area contributed by atoms with E-state index < -0.39 is 0 Å². The Balaban J connectivity index is 2.00. The lowest BCUT2D eigenvalue weighted by atomic mass is 10.1. The quantitative estimate of drug-likeness (QED) is 0.780. The van der Waals surface area contributed by atoms with E-state index in [1.807, 2.05) is 31.2 Å². The first kappa shape index (κ1) is 18.6. The molecule has 1 aromatic carbocycles. The molecule has 0 radical (unpaired) electrons. The number of hydrogen-bond donors (Lipinski definition) is 2. The number of carbonyl (C=O) groups excluding carboxylic acids is 1. The lowest BCUT2D eigenvalue weighted by Crippen LogP contribution is -2.28. The molecule has 0 spiro atoms. The summed E-state index contributed by atoms with van der Waals surface area (Å²) in [5.74, 6) is -0.0923. The number of nitrogens with one attached hydrogen (secondary N) is 1. The van der Waals surface area contributed by atoms with Crippen molar-refractivity contribution in [2.24, 2.45) is 0 Å². The fourth-order valence-electron chi connectivity index (χ4n) is 2.04. The van der Waals surface area contributed by atoms with Gasteiger partial charge in [-0.2, -0.15) is 10.5 Å². The third-order valence-electron chi connectivity index (χ3n) is 3.35. The van der Waals surface area contributed by atoms with E-state index in [9.17, 15) is 4.79 Å². The van der Waals surface area contributed by atoms with Gasteiger partial charge in [0, 0.05) is 5.02 Å². The van der Waals surface area contributed by atoms with Crippen molar-refractivity contribution in [1.29, 1.82) is 10.5 Å². The van der Waals surface area contributed by atoms with Gasteiger partial charge in [0.15, 0.2) is 0 Å². The monoisotopic (exact) mass is 371 g/mol. The molecule has 1 atom stereocenters. The van der Waals surface area contributed by atoms with Crippen molar-refractivity contribution in [1.82, 2.24) is 10.3 Å². The lowest BCUT2D eigenvalue weighted by Gasteiger charge is -2.14. The van der Waals surface area contributed by atoms with Gasteiger partial charge in [-0.3, -0.25) is 4.79 Å². The second kappa shape index (κ2) is 8.39. The molecule has 0 aliphatic heterocycles. The molecule has 0 saturated carbocycles. The lowest BCUT2D eigenvalue weighted by molar-refractivity contribution is -0.119. The van der Waals surface area contributed by atoms with Gasteiger partial charge in [0.2, 0.25) is 5.91 Å². The Kier molecular flexibility index (Phi) is 6.24. The van der Waals surface area contributed by atoms with Crippen molar-refractivity contribution >= 4 is 35.1 Å². The van der Waals surface area contributed by atoms with Crippen LogP contribution in [-0.2, 0) is 4.79 Å². The molecule has 1 amide bonds. The zero-order chi connectivity index (χ0) is 18.4. The van der Waals surface area contributed by atoms with E-state index >= 15 is 0 Å². The number of amides is 1. The zero-order valence-electron chi connectivity index (χ0n) is 13.3. The number of thioether (sulfide) groups is 1. The van der Waals surface area contributed by atoms with Crippen molar-refractivity contribution in [3.8, 4) is 12.1 Å². The Hall–Kier alpha value is -2.74. The number of hydrogen-bond acceptors (Lipinski definition) is 6. The fraction of sp³-hybridized carbons (Fsp3) is 0.176. The summed E-state index contributed by atoms with van der Waals surface area (Å²) in [4.78, 5) is 16.2. The molecule has 3 N–H and O–H groups in total. The number of nitrogen functional groups attached to an aromatic ring is 1. The maximum absolute atomic E-state index is 12.1. The van der Waals surface area contributed by atoms with Gasteiger partial charge < -0.3 is 11.1 Å². The molecule has 0 fully saturated rings. The average molecular weight is 372 g/mol. The molecule has 0 bridgehead atoms. The van der Waals surface area contributed by atoms with Gasteiger partial charge >= 0.3 is 0 Å². The van der Waals surface area contributed by atoms with Gasteiger partial charge in [0.05, 0.1) is 22.9 Å². The zero-order valence-corrected chi connectivity index (χ0v) is 14.9. The predicted molar refractivity (Wildman–Crippen MR) is 96.8 cm³/mol. The Bertz CT molecular complexity index is 870. The van der Waals surface area contributed by atoms with Crippen LogP contribution in [0.15, 0.2) is 35.4 Å². The Labute approximate surface area is 154 Å². The first-order chi connectivity index (χ1) is 11.9. The van der Waals surface area contributed by atoms with E-state index in [-0.39, 0.29) is 34.6 Å². The van der Waals surface area contributed by atoms with Crippen LogP contribution in [0, 0.1) is 22.7 Å². The van der Waals surface area contributed by atoms with E-state index in [2.05, 4.69) is 10.3 Å². The maximum atomic E-state index is 12.1. The SMILES string of the molecule is C[C@H](NC(=O)CSc1nc(N)c(C#N)cc1C#N)c1ccc(Cl)cc1. The van der Waals surface area contributed by atoms with E-state index in [0.29, 0.717) is 10.0 Å². The van der Waals surface area contributed by atoms with Gasteiger partial charge in [0.1, 0.15) is 23.0 Å². The standard InChI is InChI=1S/C17H14ClN5OS/c1-10(11-2-4-14(18)5-3-11)22-15(24)9-25-17-13(8-20)6-12(7-19)16(21)23-17/h2-6,10H,9H2,1H3,(H2,21,23)(H,22,24)/t10-/m0/s1. The van der Waals surface area contributed by atoms with Gasteiger partial charge in [-0.25, -0.2) is 4.98 Å². The number of halogens is 1. The number of aromatic nitrogens is 1. The van der Waals surface area contributed by atoms with Gasteiger partial charge in [-0.1, -0.05) is 35.5 Å². The third kappa shape index (κ3) is 4.87. The average Bonchev–Trinajstić information content (AvgIpc) is 2.60. The molecule has 0 saturated heterocycles. The minimum Gasteiger partial charge on any atom is -0.383 e. The highest BCUT2D eigenvalue weighted by atomic mass is 35.5.